The summed E-state index contributed by atoms with van der Waals surface area (Å²) in [6.45, 7) is 4.34. The van der Waals surface area contributed by atoms with Crippen LogP contribution in [0.1, 0.15) is 26.4 Å². The van der Waals surface area contributed by atoms with Crippen LogP contribution in [0, 0.1) is 0 Å². The van der Waals surface area contributed by atoms with Gasteiger partial charge in [-0.1, -0.05) is 24.8 Å². The van der Waals surface area contributed by atoms with E-state index in [0.717, 1.165) is 26.9 Å². The van der Waals surface area contributed by atoms with Gasteiger partial charge < -0.3 is 10.6 Å². The average Bonchev–Trinajstić information content (AvgIpc) is 3.48. The minimum absolute atomic E-state index is 0.128. The van der Waals surface area contributed by atoms with Gasteiger partial charge in [0.15, 0.2) is 0 Å². The number of sulfonamides is 1. The Kier molecular flexibility index (Phi) is 6.88. The summed E-state index contributed by atoms with van der Waals surface area (Å²) >= 11 is 1.35. The van der Waals surface area contributed by atoms with Crippen LogP contribution in [-0.2, 0) is 34.3 Å². The van der Waals surface area contributed by atoms with Crippen LogP contribution < -0.4 is 10.6 Å². The van der Waals surface area contributed by atoms with E-state index in [9.17, 15) is 18.0 Å². The third-order valence-corrected chi connectivity index (χ3v) is 9.00. The van der Waals surface area contributed by atoms with Crippen LogP contribution in [0.15, 0.2) is 84.4 Å². The molecule has 4 aromatic rings. The molecule has 8 nitrogen and oxygen atoms in total. The zero-order valence-corrected chi connectivity index (χ0v) is 21.4. The maximum atomic E-state index is 13.2. The van der Waals surface area contributed by atoms with E-state index in [1.54, 1.807) is 12.3 Å². The van der Waals surface area contributed by atoms with Crippen LogP contribution in [-0.4, -0.2) is 36.1 Å². The Balaban J connectivity index is 1.18. The molecule has 1 aliphatic rings. The number of nitrogens with one attached hydrogen (secondary N) is 2. The number of fused-ring (bicyclic) bond motifs is 2. The molecule has 2 amide bonds. The van der Waals surface area contributed by atoms with E-state index in [0.29, 0.717) is 23.5 Å². The highest BCUT2D eigenvalue weighted by Gasteiger charge is 2.32. The number of nitrogens with zero attached hydrogens (tertiary/aromatic N) is 2. The van der Waals surface area contributed by atoms with Gasteiger partial charge in [0.05, 0.1) is 15.4 Å². The zero-order valence-electron chi connectivity index (χ0n) is 19.8. The molecule has 2 aromatic carbocycles. The quantitative estimate of drug-likeness (QED) is 0.332. The van der Waals surface area contributed by atoms with Gasteiger partial charge in [0.2, 0.25) is 15.9 Å². The van der Waals surface area contributed by atoms with Gasteiger partial charge in [0.25, 0.3) is 5.91 Å². The molecule has 0 aliphatic carbocycles. The summed E-state index contributed by atoms with van der Waals surface area (Å²) in [5.41, 5.74) is 3.24. The van der Waals surface area contributed by atoms with Crippen LogP contribution in [0.2, 0.25) is 0 Å². The molecule has 2 aromatic heterocycles. The Labute approximate surface area is 218 Å². The van der Waals surface area contributed by atoms with Gasteiger partial charge in [-0.05, 0) is 66.1 Å². The second-order valence-electron chi connectivity index (χ2n) is 8.59. The number of amides is 2. The van der Waals surface area contributed by atoms with Crippen molar-refractivity contribution in [2.75, 3.05) is 11.9 Å². The van der Waals surface area contributed by atoms with Crippen LogP contribution in [0.5, 0.6) is 0 Å². The lowest BCUT2D eigenvalue weighted by molar-refractivity contribution is -0.111. The molecule has 0 spiro atoms. The lowest BCUT2D eigenvalue weighted by Crippen LogP contribution is -2.27. The Morgan fingerprint density at radius 3 is 2.65 bits per heavy atom. The molecular weight excluding hydrogens is 508 g/mol. The summed E-state index contributed by atoms with van der Waals surface area (Å²) < 4.78 is 27.7. The number of benzene rings is 2. The molecule has 0 saturated heterocycles. The normalized spacial score (nSPS) is 13.3. The summed E-state index contributed by atoms with van der Waals surface area (Å²) in [7, 11) is -3.73. The van der Waals surface area contributed by atoms with Crippen LogP contribution in [0.4, 0.5) is 5.00 Å². The maximum absolute atomic E-state index is 13.2. The molecule has 2 N–H and O–H groups in total. The van der Waals surface area contributed by atoms with Gasteiger partial charge in [-0.3, -0.25) is 14.6 Å². The van der Waals surface area contributed by atoms with Gasteiger partial charge in [-0.25, -0.2) is 8.42 Å². The number of carbonyl (C=O) groups is 2. The number of rotatable bonds is 8. The predicted molar refractivity (Wildman–Crippen MR) is 144 cm³/mol. The molecular formula is C27H24N4O4S2. The largest absolute Gasteiger partial charge is 0.352 e. The fourth-order valence-corrected chi connectivity index (χ4v) is 6.72. The van der Waals surface area contributed by atoms with Crippen molar-refractivity contribution in [3.8, 4) is 0 Å². The molecule has 0 unspecified atom stereocenters. The standard InChI is InChI=1S/C27H24N4O4S2/c1-2-25(32)30-26-15-21-16-31(17-24(21)36-26)37(34,35)22-9-7-20(8-10-22)27(33)29-13-11-18-5-6-19-4-3-12-28-23(19)14-18/h2-10,12,14-15H,1,11,13,16-17H2,(H,29,33)(H,30,32). The summed E-state index contributed by atoms with van der Waals surface area (Å²) in [4.78, 5) is 29.5. The highest BCUT2D eigenvalue weighted by atomic mass is 32.2. The van der Waals surface area contributed by atoms with E-state index in [2.05, 4.69) is 22.2 Å². The van der Waals surface area contributed by atoms with Crippen molar-refractivity contribution >= 4 is 49.1 Å². The van der Waals surface area contributed by atoms with Gasteiger partial charge in [0.1, 0.15) is 0 Å². The highest BCUT2D eigenvalue weighted by molar-refractivity contribution is 7.89. The first-order chi connectivity index (χ1) is 17.8. The minimum atomic E-state index is -3.73. The monoisotopic (exact) mass is 532 g/mol. The van der Waals surface area contributed by atoms with E-state index < -0.39 is 10.0 Å². The third kappa shape index (κ3) is 5.31. The van der Waals surface area contributed by atoms with E-state index in [4.69, 9.17) is 0 Å². The molecule has 0 atom stereocenters. The predicted octanol–water partition coefficient (Wildman–Crippen LogP) is 4.10. The van der Waals surface area contributed by atoms with E-state index in [1.165, 1.54) is 46.0 Å². The number of anilines is 1. The first-order valence-electron chi connectivity index (χ1n) is 11.6. The van der Waals surface area contributed by atoms with Gasteiger partial charge in [-0.15, -0.1) is 11.3 Å². The van der Waals surface area contributed by atoms with E-state index in [1.807, 2.05) is 30.3 Å². The van der Waals surface area contributed by atoms with Crippen LogP contribution in [0.25, 0.3) is 10.9 Å². The summed E-state index contributed by atoms with van der Waals surface area (Å²) in [6.07, 6.45) is 3.60. The van der Waals surface area contributed by atoms with E-state index >= 15 is 0 Å². The first kappa shape index (κ1) is 24.8. The highest BCUT2D eigenvalue weighted by Crippen LogP contribution is 2.36. The second-order valence-corrected chi connectivity index (χ2v) is 11.7. The molecule has 0 bridgehead atoms. The summed E-state index contributed by atoms with van der Waals surface area (Å²) in [5, 5.41) is 7.33. The molecule has 0 radical (unpaired) electrons. The van der Waals surface area contributed by atoms with Crippen molar-refractivity contribution in [3.63, 3.8) is 0 Å². The lowest BCUT2D eigenvalue weighted by Gasteiger charge is -2.16. The third-order valence-electron chi connectivity index (χ3n) is 6.12. The van der Waals surface area contributed by atoms with Crippen molar-refractivity contribution < 1.29 is 18.0 Å². The van der Waals surface area contributed by atoms with Gasteiger partial charge >= 0.3 is 0 Å². The van der Waals surface area contributed by atoms with Gasteiger partial charge in [0, 0.05) is 41.7 Å². The first-order valence-corrected chi connectivity index (χ1v) is 13.9. The summed E-state index contributed by atoms with van der Waals surface area (Å²) in [6, 6.07) is 17.7. The SMILES string of the molecule is C=CC(=O)Nc1cc2c(s1)CN(S(=O)(=O)c1ccc(C(=O)NCCc3ccc4cccnc4c3)cc1)C2. The molecule has 37 heavy (non-hydrogen) atoms. The lowest BCUT2D eigenvalue weighted by atomic mass is 10.1. The maximum Gasteiger partial charge on any atom is 0.251 e. The Bertz CT molecular complexity index is 1590. The summed E-state index contributed by atoms with van der Waals surface area (Å²) in [5.74, 6) is -0.570. The van der Waals surface area contributed by atoms with Crippen molar-refractivity contribution in [3.05, 3.63) is 101 Å². The molecule has 0 fully saturated rings. The van der Waals surface area contributed by atoms with Crippen LogP contribution in [0.3, 0.4) is 0 Å². The number of pyridine rings is 1. The Morgan fingerprint density at radius 2 is 1.89 bits per heavy atom. The van der Waals surface area contributed by atoms with E-state index in [-0.39, 0.29) is 29.8 Å². The molecule has 1 aliphatic heterocycles. The zero-order chi connectivity index (χ0) is 26.0. The molecule has 3 heterocycles. The average molecular weight is 533 g/mol. The minimum Gasteiger partial charge on any atom is -0.352 e. The van der Waals surface area contributed by atoms with Crippen molar-refractivity contribution in [1.29, 1.82) is 0 Å². The topological polar surface area (TPSA) is 108 Å². The molecule has 0 saturated carbocycles. The Hall–Kier alpha value is -3.86. The number of thiophene rings is 1. The van der Waals surface area contributed by atoms with Gasteiger partial charge in [-0.2, -0.15) is 4.31 Å². The molecule has 10 heteroatoms. The smallest absolute Gasteiger partial charge is 0.251 e. The van der Waals surface area contributed by atoms with Crippen molar-refractivity contribution in [2.24, 2.45) is 0 Å². The second kappa shape index (κ2) is 10.3. The van der Waals surface area contributed by atoms with Crippen molar-refractivity contribution in [1.82, 2.24) is 14.6 Å². The molecule has 188 valence electrons. The Morgan fingerprint density at radius 1 is 1.08 bits per heavy atom. The fourth-order valence-electron chi connectivity index (χ4n) is 4.16. The number of hydrogen-bond acceptors (Lipinski definition) is 6. The molecule has 5 rings (SSSR count). The number of carbonyl (C=O) groups excluding carboxylic acids is 2. The van der Waals surface area contributed by atoms with Crippen molar-refractivity contribution in [2.45, 2.75) is 24.4 Å². The van der Waals surface area contributed by atoms with Crippen LogP contribution >= 0.6 is 11.3 Å². The fraction of sp³-hybridized carbons (Fsp3) is 0.148. The number of hydrogen-bond donors (Lipinski definition) is 2. The number of aromatic nitrogens is 1.